The van der Waals surface area contributed by atoms with E-state index in [-0.39, 0.29) is 23.4 Å². The second-order valence-electron chi connectivity index (χ2n) is 4.87. The van der Waals surface area contributed by atoms with Crippen molar-refractivity contribution in [1.82, 2.24) is 0 Å². The van der Waals surface area contributed by atoms with Crippen LogP contribution < -0.4 is 11.1 Å². The second-order valence-corrected chi connectivity index (χ2v) is 7.13. The van der Waals surface area contributed by atoms with Crippen LogP contribution in [0.3, 0.4) is 0 Å². The van der Waals surface area contributed by atoms with Crippen LogP contribution in [0.1, 0.15) is 22.3 Å². The van der Waals surface area contributed by atoms with E-state index >= 15 is 0 Å². The third-order valence-corrected chi connectivity index (χ3v) is 3.78. The van der Waals surface area contributed by atoms with Crippen LogP contribution in [-0.2, 0) is 14.6 Å². The van der Waals surface area contributed by atoms with Gasteiger partial charge >= 0.3 is 5.97 Å². The number of carbonyl (C=O) groups excluding carboxylic acids is 1. The number of aryl methyl sites for hydroxylation is 1. The van der Waals surface area contributed by atoms with Crippen LogP contribution >= 0.6 is 0 Å². The Hall–Kier alpha value is -1.93. The minimum atomic E-state index is -3.21. The number of hydrogen-bond acceptors (Lipinski definition) is 5. The molecule has 0 saturated heterocycles. The van der Waals surface area contributed by atoms with Gasteiger partial charge in [-0.3, -0.25) is 4.79 Å². The maximum absolute atomic E-state index is 11.9. The number of anilines is 1. The topological polar surface area (TPSA) is 127 Å². The molecule has 0 aromatic heterocycles. The number of nitrogens with two attached hydrogens (primary N) is 1. The van der Waals surface area contributed by atoms with Gasteiger partial charge in [-0.2, -0.15) is 0 Å². The zero-order valence-corrected chi connectivity index (χ0v) is 12.6. The summed E-state index contributed by atoms with van der Waals surface area (Å²) in [4.78, 5) is 23.0. The van der Waals surface area contributed by atoms with Gasteiger partial charge in [-0.15, -0.1) is 0 Å². The quantitative estimate of drug-likeness (QED) is 0.697. The monoisotopic (exact) mass is 314 g/mol. The predicted molar refractivity (Wildman–Crippen MR) is 79.1 cm³/mol. The first kappa shape index (κ1) is 17.1. The van der Waals surface area contributed by atoms with Gasteiger partial charge in [-0.05, 0) is 25.5 Å². The van der Waals surface area contributed by atoms with Gasteiger partial charge in [0.05, 0.1) is 23.0 Å². The Bertz CT molecular complexity index is 655. The van der Waals surface area contributed by atoms with Crippen LogP contribution in [0.4, 0.5) is 5.69 Å². The summed E-state index contributed by atoms with van der Waals surface area (Å²) in [5, 5.41) is 11.5. The molecule has 1 rings (SSSR count). The lowest BCUT2D eigenvalue weighted by Gasteiger charge is -2.13. The fraction of sp³-hybridized carbons (Fsp3) is 0.385. The van der Waals surface area contributed by atoms with Gasteiger partial charge in [0.1, 0.15) is 9.84 Å². The van der Waals surface area contributed by atoms with Crippen molar-refractivity contribution in [2.75, 3.05) is 17.3 Å². The van der Waals surface area contributed by atoms with Gasteiger partial charge in [0.25, 0.3) is 0 Å². The molecule has 116 valence electrons. The van der Waals surface area contributed by atoms with E-state index in [1.54, 1.807) is 13.0 Å². The average molecular weight is 314 g/mol. The number of sulfone groups is 1. The van der Waals surface area contributed by atoms with Crippen molar-refractivity contribution >= 4 is 27.4 Å². The van der Waals surface area contributed by atoms with Crippen molar-refractivity contribution in [3.8, 4) is 0 Å². The molecule has 0 aliphatic heterocycles. The van der Waals surface area contributed by atoms with Crippen molar-refractivity contribution in [2.45, 2.75) is 19.4 Å². The third kappa shape index (κ3) is 5.52. The third-order valence-electron chi connectivity index (χ3n) is 2.80. The largest absolute Gasteiger partial charge is 0.478 e. The maximum Gasteiger partial charge on any atom is 0.337 e. The molecule has 0 heterocycles. The first-order valence-corrected chi connectivity index (χ1v) is 8.24. The van der Waals surface area contributed by atoms with Crippen LogP contribution in [0.15, 0.2) is 18.2 Å². The number of hydrogen-bond donors (Lipinski definition) is 3. The van der Waals surface area contributed by atoms with Crippen molar-refractivity contribution in [1.29, 1.82) is 0 Å². The normalized spacial score (nSPS) is 12.7. The molecule has 7 nitrogen and oxygen atoms in total. The summed E-state index contributed by atoms with van der Waals surface area (Å²) in [5.74, 6) is -2.00. The van der Waals surface area contributed by atoms with Crippen molar-refractivity contribution in [3.05, 3.63) is 29.3 Å². The summed E-state index contributed by atoms with van der Waals surface area (Å²) >= 11 is 0. The van der Waals surface area contributed by atoms with E-state index < -0.39 is 27.8 Å². The van der Waals surface area contributed by atoms with Crippen LogP contribution in [-0.4, -0.2) is 43.5 Å². The van der Waals surface area contributed by atoms with Gasteiger partial charge in [-0.25, -0.2) is 13.2 Å². The molecule has 0 fully saturated rings. The van der Waals surface area contributed by atoms with Gasteiger partial charge in [0.15, 0.2) is 0 Å². The summed E-state index contributed by atoms with van der Waals surface area (Å²) in [6, 6.07) is 3.53. The number of carbonyl (C=O) groups is 2. The number of nitrogens with one attached hydrogen (secondary N) is 1. The molecular formula is C13H18N2O5S. The average Bonchev–Trinajstić information content (AvgIpc) is 2.36. The molecule has 0 spiro atoms. The number of aromatic carboxylic acids is 1. The van der Waals surface area contributed by atoms with E-state index in [2.05, 4.69) is 5.32 Å². The number of rotatable bonds is 6. The second kappa shape index (κ2) is 6.68. The summed E-state index contributed by atoms with van der Waals surface area (Å²) < 4.78 is 22.1. The lowest BCUT2D eigenvalue weighted by atomic mass is 10.1. The molecule has 21 heavy (non-hydrogen) atoms. The van der Waals surface area contributed by atoms with E-state index in [0.717, 1.165) is 11.8 Å². The van der Waals surface area contributed by atoms with Crippen LogP contribution in [0.5, 0.6) is 0 Å². The minimum absolute atomic E-state index is 0.0288. The number of carboxylic acid groups (broad SMARTS) is 1. The summed E-state index contributed by atoms with van der Waals surface area (Å²) in [6.07, 6.45) is 1.03. The van der Waals surface area contributed by atoms with Gasteiger partial charge < -0.3 is 16.2 Å². The van der Waals surface area contributed by atoms with E-state index in [4.69, 9.17) is 10.8 Å². The Morgan fingerprint density at radius 2 is 2.00 bits per heavy atom. The smallest absolute Gasteiger partial charge is 0.337 e. The highest BCUT2D eigenvalue weighted by Crippen LogP contribution is 2.17. The molecule has 1 unspecified atom stereocenters. The Morgan fingerprint density at radius 3 is 2.52 bits per heavy atom. The predicted octanol–water partition coefficient (Wildman–Crippen LogP) is 0.394. The molecule has 0 bridgehead atoms. The van der Waals surface area contributed by atoms with Crippen LogP contribution in [0.25, 0.3) is 0 Å². The standard InChI is InChI=1S/C13H18N2O5S/c1-8-3-4-11(9(7-8)13(17)18)15-12(16)10(14)5-6-21(2,19)20/h3-4,7,10H,5-6,14H2,1-2H3,(H,15,16)(H,17,18). The minimum Gasteiger partial charge on any atom is -0.478 e. The Kier molecular flexibility index (Phi) is 5.45. The molecular weight excluding hydrogens is 296 g/mol. The van der Waals surface area contributed by atoms with Gasteiger partial charge in [0.2, 0.25) is 5.91 Å². The fourth-order valence-electron chi connectivity index (χ4n) is 1.64. The highest BCUT2D eigenvalue weighted by atomic mass is 32.2. The Balaban J connectivity index is 2.81. The Labute approximate surface area is 123 Å². The summed E-state index contributed by atoms with van der Waals surface area (Å²) in [5.41, 5.74) is 6.44. The molecule has 0 aliphatic rings. The molecule has 4 N–H and O–H groups in total. The maximum atomic E-state index is 11.9. The zero-order chi connectivity index (χ0) is 16.2. The van der Waals surface area contributed by atoms with E-state index in [9.17, 15) is 18.0 Å². The SMILES string of the molecule is Cc1ccc(NC(=O)C(N)CCS(C)(=O)=O)c(C(=O)O)c1. The van der Waals surface area contributed by atoms with E-state index in [0.29, 0.717) is 0 Å². The summed E-state index contributed by atoms with van der Waals surface area (Å²) in [6.45, 7) is 1.73. The first-order chi connectivity index (χ1) is 9.60. The lowest BCUT2D eigenvalue weighted by Crippen LogP contribution is -2.37. The van der Waals surface area contributed by atoms with Gasteiger partial charge in [-0.1, -0.05) is 11.6 Å². The van der Waals surface area contributed by atoms with Crippen LogP contribution in [0.2, 0.25) is 0 Å². The van der Waals surface area contributed by atoms with Crippen molar-refractivity contribution < 1.29 is 23.1 Å². The number of benzene rings is 1. The highest BCUT2D eigenvalue weighted by molar-refractivity contribution is 7.90. The lowest BCUT2D eigenvalue weighted by molar-refractivity contribution is -0.117. The first-order valence-electron chi connectivity index (χ1n) is 6.18. The van der Waals surface area contributed by atoms with Crippen LogP contribution in [0, 0.1) is 6.92 Å². The summed E-state index contributed by atoms with van der Waals surface area (Å²) in [7, 11) is -3.21. The zero-order valence-electron chi connectivity index (χ0n) is 11.8. The highest BCUT2D eigenvalue weighted by Gasteiger charge is 2.18. The molecule has 1 atom stereocenters. The molecule has 0 saturated carbocycles. The number of carboxylic acids is 1. The van der Waals surface area contributed by atoms with Crippen molar-refractivity contribution in [2.24, 2.45) is 5.73 Å². The van der Waals surface area contributed by atoms with E-state index in [1.807, 2.05) is 0 Å². The molecule has 0 radical (unpaired) electrons. The Morgan fingerprint density at radius 1 is 1.38 bits per heavy atom. The molecule has 1 amide bonds. The molecule has 8 heteroatoms. The van der Waals surface area contributed by atoms with Crippen molar-refractivity contribution in [3.63, 3.8) is 0 Å². The molecule has 0 aliphatic carbocycles. The molecule has 1 aromatic carbocycles. The fourth-order valence-corrected chi connectivity index (χ4v) is 2.32. The van der Waals surface area contributed by atoms with E-state index in [1.165, 1.54) is 12.1 Å². The number of amides is 1. The molecule has 1 aromatic rings. The van der Waals surface area contributed by atoms with Gasteiger partial charge in [0, 0.05) is 6.26 Å².